The van der Waals surface area contributed by atoms with Crippen molar-refractivity contribution in [1.82, 2.24) is 25.9 Å². The molecule has 1 atom stereocenters. The minimum Gasteiger partial charge on any atom is -0.378 e. The molecule has 1 aliphatic rings. The van der Waals surface area contributed by atoms with Crippen LogP contribution in [0.5, 0.6) is 0 Å². The number of nitrogens with one attached hydrogen (secondary N) is 2. The number of allylic oxidation sites excluding steroid dienone is 2. The SMILES string of the molecule is C1=CNC(c2nn[nH]n2)C=C1. The monoisotopic (exact) mass is 149 g/mol. The number of H-pyrrole nitrogens is 1. The molecule has 2 N–H and O–H groups in total. The van der Waals surface area contributed by atoms with Crippen molar-refractivity contribution < 1.29 is 0 Å². The molecular formula is C6H7N5. The van der Waals surface area contributed by atoms with Gasteiger partial charge in [0, 0.05) is 0 Å². The van der Waals surface area contributed by atoms with Gasteiger partial charge in [0.1, 0.15) is 6.04 Å². The van der Waals surface area contributed by atoms with Crippen molar-refractivity contribution in [1.29, 1.82) is 0 Å². The van der Waals surface area contributed by atoms with Gasteiger partial charge >= 0.3 is 0 Å². The van der Waals surface area contributed by atoms with Crippen LogP contribution in [0.3, 0.4) is 0 Å². The highest BCUT2D eigenvalue weighted by Gasteiger charge is 2.10. The summed E-state index contributed by atoms with van der Waals surface area (Å²) in [6, 6.07) is 0.0544. The van der Waals surface area contributed by atoms with Gasteiger partial charge in [-0.25, -0.2) is 0 Å². The van der Waals surface area contributed by atoms with Gasteiger partial charge in [-0.15, -0.1) is 10.2 Å². The maximum atomic E-state index is 3.85. The number of nitrogens with zero attached hydrogens (tertiary/aromatic N) is 3. The maximum absolute atomic E-state index is 3.85. The van der Waals surface area contributed by atoms with Crippen molar-refractivity contribution in [3.05, 3.63) is 30.3 Å². The van der Waals surface area contributed by atoms with Crippen molar-refractivity contribution in [3.8, 4) is 0 Å². The fourth-order valence-electron chi connectivity index (χ4n) is 0.907. The Hall–Kier alpha value is -1.65. The van der Waals surface area contributed by atoms with E-state index in [-0.39, 0.29) is 6.04 Å². The third-order valence-corrected chi connectivity index (χ3v) is 1.43. The number of aromatic nitrogens is 4. The molecule has 5 heteroatoms. The summed E-state index contributed by atoms with van der Waals surface area (Å²) < 4.78 is 0. The summed E-state index contributed by atoms with van der Waals surface area (Å²) in [6.07, 6.45) is 7.67. The number of tetrazole rings is 1. The van der Waals surface area contributed by atoms with Crippen LogP contribution in [-0.4, -0.2) is 20.6 Å². The zero-order valence-electron chi connectivity index (χ0n) is 5.73. The molecule has 11 heavy (non-hydrogen) atoms. The van der Waals surface area contributed by atoms with Crippen molar-refractivity contribution in [2.24, 2.45) is 0 Å². The highest BCUT2D eigenvalue weighted by molar-refractivity contribution is 5.15. The van der Waals surface area contributed by atoms with Crippen LogP contribution in [0, 0.1) is 0 Å². The lowest BCUT2D eigenvalue weighted by Crippen LogP contribution is -2.16. The van der Waals surface area contributed by atoms with Crippen LogP contribution >= 0.6 is 0 Å². The van der Waals surface area contributed by atoms with E-state index in [1.54, 1.807) is 0 Å². The van der Waals surface area contributed by atoms with Crippen LogP contribution in [0.25, 0.3) is 0 Å². The standard InChI is InChI=1S/C6H7N5/c1-2-4-7-5(3-1)6-8-10-11-9-6/h1-5,7H,(H,8,9,10,11). The first kappa shape index (κ1) is 6.09. The minimum absolute atomic E-state index is 0.0544. The van der Waals surface area contributed by atoms with Gasteiger partial charge in [0.05, 0.1) is 0 Å². The number of dihydropyridines is 1. The molecule has 0 aliphatic carbocycles. The van der Waals surface area contributed by atoms with E-state index in [1.165, 1.54) is 0 Å². The number of hydrogen-bond donors (Lipinski definition) is 2. The van der Waals surface area contributed by atoms with Gasteiger partial charge < -0.3 is 5.32 Å². The molecule has 0 bridgehead atoms. The molecule has 1 unspecified atom stereocenters. The highest BCUT2D eigenvalue weighted by Crippen LogP contribution is 2.09. The van der Waals surface area contributed by atoms with Gasteiger partial charge in [0.2, 0.25) is 5.82 Å². The maximum Gasteiger partial charge on any atom is 0.200 e. The average molecular weight is 149 g/mol. The molecule has 0 radical (unpaired) electrons. The lowest BCUT2D eigenvalue weighted by Gasteiger charge is -2.09. The smallest absolute Gasteiger partial charge is 0.200 e. The number of rotatable bonds is 1. The molecule has 0 saturated heterocycles. The second kappa shape index (κ2) is 2.53. The predicted molar refractivity (Wildman–Crippen MR) is 38.3 cm³/mol. The van der Waals surface area contributed by atoms with Crippen LogP contribution in [0.1, 0.15) is 11.9 Å². The molecule has 1 aromatic rings. The van der Waals surface area contributed by atoms with Crippen molar-refractivity contribution in [2.75, 3.05) is 0 Å². The lowest BCUT2D eigenvalue weighted by molar-refractivity contribution is 0.693. The fraction of sp³-hybridized carbons (Fsp3) is 0.167. The first-order valence-electron chi connectivity index (χ1n) is 3.29. The van der Waals surface area contributed by atoms with E-state index in [0.29, 0.717) is 5.82 Å². The third kappa shape index (κ3) is 1.12. The molecule has 2 heterocycles. The molecule has 0 fully saturated rings. The molecule has 0 amide bonds. The van der Waals surface area contributed by atoms with E-state index in [2.05, 4.69) is 25.9 Å². The Bertz CT molecular complexity index is 273. The van der Waals surface area contributed by atoms with Crippen molar-refractivity contribution >= 4 is 0 Å². The first-order chi connectivity index (χ1) is 5.47. The number of aromatic amines is 1. The van der Waals surface area contributed by atoms with E-state index < -0.39 is 0 Å². The van der Waals surface area contributed by atoms with Crippen LogP contribution < -0.4 is 5.32 Å². The normalized spacial score (nSPS) is 21.6. The zero-order chi connectivity index (χ0) is 7.52. The van der Waals surface area contributed by atoms with Gasteiger partial charge in [-0.3, -0.25) is 0 Å². The van der Waals surface area contributed by atoms with E-state index in [4.69, 9.17) is 0 Å². The molecule has 1 aromatic heterocycles. The van der Waals surface area contributed by atoms with Crippen LogP contribution in [0.15, 0.2) is 24.4 Å². The average Bonchev–Trinajstić information content (AvgIpc) is 2.58. The van der Waals surface area contributed by atoms with E-state index in [1.807, 2.05) is 24.4 Å². The van der Waals surface area contributed by atoms with E-state index in [9.17, 15) is 0 Å². The van der Waals surface area contributed by atoms with E-state index >= 15 is 0 Å². The largest absolute Gasteiger partial charge is 0.378 e. The summed E-state index contributed by atoms with van der Waals surface area (Å²) in [4.78, 5) is 0. The molecular weight excluding hydrogens is 142 g/mol. The molecule has 56 valence electrons. The van der Waals surface area contributed by atoms with Crippen LogP contribution in [0.4, 0.5) is 0 Å². The molecule has 0 spiro atoms. The fourth-order valence-corrected chi connectivity index (χ4v) is 0.907. The molecule has 0 aromatic carbocycles. The Morgan fingerprint density at radius 3 is 3.00 bits per heavy atom. The summed E-state index contributed by atoms with van der Waals surface area (Å²) in [5.41, 5.74) is 0. The molecule has 2 rings (SSSR count). The Balaban J connectivity index is 2.19. The van der Waals surface area contributed by atoms with Gasteiger partial charge in [0.25, 0.3) is 0 Å². The third-order valence-electron chi connectivity index (χ3n) is 1.43. The molecule has 0 saturated carbocycles. The van der Waals surface area contributed by atoms with Crippen LogP contribution in [-0.2, 0) is 0 Å². The molecule has 1 aliphatic heterocycles. The number of hydrogen-bond acceptors (Lipinski definition) is 4. The van der Waals surface area contributed by atoms with Crippen molar-refractivity contribution in [2.45, 2.75) is 6.04 Å². The molecule has 5 nitrogen and oxygen atoms in total. The van der Waals surface area contributed by atoms with E-state index in [0.717, 1.165) is 0 Å². The Labute approximate surface area is 63.2 Å². The van der Waals surface area contributed by atoms with Crippen molar-refractivity contribution in [3.63, 3.8) is 0 Å². The Morgan fingerprint density at radius 2 is 2.36 bits per heavy atom. The van der Waals surface area contributed by atoms with Gasteiger partial charge in [0.15, 0.2) is 0 Å². The van der Waals surface area contributed by atoms with Gasteiger partial charge in [-0.2, -0.15) is 5.21 Å². The van der Waals surface area contributed by atoms with Crippen LogP contribution in [0.2, 0.25) is 0 Å². The Kier molecular flexibility index (Phi) is 1.40. The highest BCUT2D eigenvalue weighted by atomic mass is 15.5. The lowest BCUT2D eigenvalue weighted by atomic mass is 10.2. The summed E-state index contributed by atoms with van der Waals surface area (Å²) >= 11 is 0. The summed E-state index contributed by atoms with van der Waals surface area (Å²) in [7, 11) is 0. The second-order valence-electron chi connectivity index (χ2n) is 2.16. The predicted octanol–water partition coefficient (Wildman–Crippen LogP) is -0.0861. The van der Waals surface area contributed by atoms with Gasteiger partial charge in [-0.1, -0.05) is 17.4 Å². The summed E-state index contributed by atoms with van der Waals surface area (Å²) in [5.74, 6) is 0.658. The second-order valence-corrected chi connectivity index (χ2v) is 2.16. The van der Waals surface area contributed by atoms with Gasteiger partial charge in [-0.05, 0) is 12.3 Å². The Morgan fingerprint density at radius 1 is 1.36 bits per heavy atom. The first-order valence-corrected chi connectivity index (χ1v) is 3.29. The zero-order valence-corrected chi connectivity index (χ0v) is 5.73. The topological polar surface area (TPSA) is 66.5 Å². The summed E-state index contributed by atoms with van der Waals surface area (Å²) in [6.45, 7) is 0. The summed E-state index contributed by atoms with van der Waals surface area (Å²) in [5, 5.41) is 16.6. The minimum atomic E-state index is 0.0544. The quantitative estimate of drug-likeness (QED) is 0.585.